The van der Waals surface area contributed by atoms with Crippen molar-refractivity contribution < 1.29 is 31.3 Å². The van der Waals surface area contributed by atoms with Crippen molar-refractivity contribution in [2.45, 2.75) is 24.2 Å². The summed E-state index contributed by atoms with van der Waals surface area (Å²) in [6.45, 7) is 0.743. The summed E-state index contributed by atoms with van der Waals surface area (Å²) >= 11 is 0. The number of benzene rings is 1. The molecule has 5 rings (SSSR count). The lowest BCUT2D eigenvalue weighted by Gasteiger charge is -2.33. The molecule has 13 heteroatoms. The van der Waals surface area contributed by atoms with Gasteiger partial charge in [-0.2, -0.15) is 26.4 Å². The van der Waals surface area contributed by atoms with Crippen LogP contribution < -0.4 is 10.1 Å². The number of hydrogen-bond acceptors (Lipinski definition) is 6. The fourth-order valence-electron chi connectivity index (χ4n) is 4.62. The zero-order valence-corrected chi connectivity index (χ0v) is 21.4. The first-order valence-electron chi connectivity index (χ1n) is 12.1. The van der Waals surface area contributed by atoms with Crippen LogP contribution in [0.5, 0.6) is 5.88 Å². The molecule has 204 valence electrons. The summed E-state index contributed by atoms with van der Waals surface area (Å²) in [5.74, 6) is -0.212. The van der Waals surface area contributed by atoms with Crippen molar-refractivity contribution in [2.24, 2.45) is 0 Å². The number of aromatic hydroxyl groups is 1. The maximum atomic E-state index is 13.3. The number of sulfonamides is 1. The summed E-state index contributed by atoms with van der Waals surface area (Å²) < 4.78 is 69.5. The second-order valence-corrected chi connectivity index (χ2v) is 11.1. The van der Waals surface area contributed by atoms with Gasteiger partial charge in [0, 0.05) is 45.0 Å². The summed E-state index contributed by atoms with van der Waals surface area (Å²) in [5, 5.41) is 11.2. The molecule has 4 aromatic rings. The number of pyridine rings is 2. The summed E-state index contributed by atoms with van der Waals surface area (Å²) in [6.07, 6.45) is -1.42. The first-order chi connectivity index (χ1) is 18.6. The van der Waals surface area contributed by atoms with Crippen LogP contribution in [-0.2, 0) is 29.3 Å². The van der Waals surface area contributed by atoms with Crippen molar-refractivity contribution in [1.82, 2.24) is 18.6 Å². The summed E-state index contributed by atoms with van der Waals surface area (Å²) in [6, 6.07) is 14.3. The maximum Gasteiger partial charge on any atom is 0.416 e. The predicted octanol–water partition coefficient (Wildman–Crippen LogP) is 2.26. The zero-order valence-electron chi connectivity index (χ0n) is 20.6. The number of alkyl halides is 3. The standard InChI is InChI=1S/C26H24F3N5O4S/c27-26(28,29)19-6-5-8-21(16-19)39(37,38)32-14-12-31(13-15-32)18-22-24(35)33-11-4-2-9-23(33)34(25(22)36)17-20-7-1-3-10-30-20/h1-11,16H,12-15,17-18H2/p+1. The van der Waals surface area contributed by atoms with Crippen molar-refractivity contribution in [1.29, 1.82) is 0 Å². The van der Waals surface area contributed by atoms with E-state index in [1.807, 2.05) is 11.0 Å². The summed E-state index contributed by atoms with van der Waals surface area (Å²) in [5.41, 5.74) is -0.135. The molecular formula is C26H25F3N5O4S+. The Morgan fingerprint density at radius 2 is 1.72 bits per heavy atom. The Labute approximate surface area is 222 Å². The fraction of sp³-hybridized carbons (Fsp3) is 0.269. The highest BCUT2D eigenvalue weighted by Gasteiger charge is 2.34. The molecule has 1 aliphatic rings. The lowest BCUT2D eigenvalue weighted by molar-refractivity contribution is -0.673. The smallest absolute Gasteiger partial charge is 0.416 e. The second kappa shape index (κ2) is 10.4. The number of hydrogen-bond donors (Lipinski definition) is 1. The number of fused-ring (bicyclic) bond motifs is 1. The van der Waals surface area contributed by atoms with E-state index in [0.717, 1.165) is 22.5 Å². The van der Waals surface area contributed by atoms with Gasteiger partial charge in [-0.3, -0.25) is 9.88 Å². The molecule has 1 aliphatic heterocycles. The van der Waals surface area contributed by atoms with Crippen LogP contribution in [0.3, 0.4) is 0 Å². The predicted molar refractivity (Wildman–Crippen MR) is 134 cm³/mol. The minimum Gasteiger partial charge on any atom is -0.477 e. The third kappa shape index (κ3) is 5.37. The Balaban J connectivity index is 1.38. The van der Waals surface area contributed by atoms with E-state index >= 15 is 0 Å². The van der Waals surface area contributed by atoms with E-state index in [1.165, 1.54) is 4.40 Å². The third-order valence-corrected chi connectivity index (χ3v) is 8.57. The SMILES string of the molecule is O=c1c(CN2CCN(S(=O)(=O)c3cccc(C(F)(F)F)c3)CC2)c(O)[n+](Cc2ccccn2)c2ccccn12. The highest BCUT2D eigenvalue weighted by Crippen LogP contribution is 2.31. The van der Waals surface area contributed by atoms with Gasteiger partial charge in [-0.25, -0.2) is 13.2 Å². The van der Waals surface area contributed by atoms with Crippen molar-refractivity contribution in [3.05, 3.63) is 100 Å². The number of rotatable bonds is 6. The highest BCUT2D eigenvalue weighted by atomic mass is 32.2. The molecule has 1 fully saturated rings. The van der Waals surface area contributed by atoms with Crippen molar-refractivity contribution in [3.63, 3.8) is 0 Å². The van der Waals surface area contributed by atoms with E-state index in [9.17, 15) is 31.5 Å². The van der Waals surface area contributed by atoms with Crippen LogP contribution in [0.15, 0.2) is 82.7 Å². The van der Waals surface area contributed by atoms with Crippen LogP contribution in [0.25, 0.3) is 5.65 Å². The van der Waals surface area contributed by atoms with Gasteiger partial charge in [0.05, 0.1) is 22.3 Å². The molecule has 1 saturated heterocycles. The minimum atomic E-state index is -4.66. The van der Waals surface area contributed by atoms with Gasteiger partial charge in [0.1, 0.15) is 12.1 Å². The molecule has 0 aliphatic carbocycles. The first kappa shape index (κ1) is 26.8. The average molecular weight is 561 g/mol. The molecule has 0 saturated carbocycles. The summed E-state index contributed by atoms with van der Waals surface area (Å²) in [7, 11) is -4.15. The topological polar surface area (TPSA) is 99.1 Å². The summed E-state index contributed by atoms with van der Waals surface area (Å²) in [4.78, 5) is 19.0. The highest BCUT2D eigenvalue weighted by molar-refractivity contribution is 7.89. The molecule has 1 N–H and O–H groups in total. The normalized spacial score (nSPS) is 15.6. The fourth-order valence-corrected chi connectivity index (χ4v) is 6.09. The second-order valence-electron chi connectivity index (χ2n) is 9.15. The number of nitrogens with zero attached hydrogens (tertiary/aromatic N) is 5. The van der Waals surface area contributed by atoms with Crippen LogP contribution >= 0.6 is 0 Å². The van der Waals surface area contributed by atoms with Gasteiger partial charge in [0.15, 0.2) is 0 Å². The van der Waals surface area contributed by atoms with Gasteiger partial charge in [-0.1, -0.05) is 18.2 Å². The minimum absolute atomic E-state index is 0.0161. The van der Waals surface area contributed by atoms with Gasteiger partial charge >= 0.3 is 11.7 Å². The van der Waals surface area contributed by atoms with Crippen LogP contribution in [-0.4, -0.2) is 58.3 Å². The molecule has 0 bridgehead atoms. The average Bonchev–Trinajstić information content (AvgIpc) is 2.94. The van der Waals surface area contributed by atoms with Crippen LogP contribution in [0.4, 0.5) is 13.2 Å². The van der Waals surface area contributed by atoms with E-state index in [-0.39, 0.29) is 50.7 Å². The van der Waals surface area contributed by atoms with Crippen LogP contribution in [0.1, 0.15) is 16.8 Å². The van der Waals surface area contributed by atoms with E-state index < -0.39 is 32.2 Å². The van der Waals surface area contributed by atoms with E-state index in [1.54, 1.807) is 47.3 Å². The van der Waals surface area contributed by atoms with E-state index in [4.69, 9.17) is 0 Å². The molecule has 0 radical (unpaired) electrons. The lowest BCUT2D eigenvalue weighted by Crippen LogP contribution is -2.49. The largest absolute Gasteiger partial charge is 0.477 e. The first-order valence-corrected chi connectivity index (χ1v) is 13.5. The third-order valence-electron chi connectivity index (χ3n) is 6.68. The monoisotopic (exact) mass is 560 g/mol. The van der Waals surface area contributed by atoms with Gasteiger partial charge < -0.3 is 5.11 Å². The maximum absolute atomic E-state index is 13.3. The number of aromatic nitrogens is 3. The van der Waals surface area contributed by atoms with Crippen LogP contribution in [0, 0.1) is 0 Å². The Kier molecular flexibility index (Phi) is 7.14. The van der Waals surface area contributed by atoms with E-state index in [0.29, 0.717) is 17.4 Å². The molecule has 1 aromatic carbocycles. The molecule has 0 amide bonds. The molecule has 0 spiro atoms. The lowest BCUT2D eigenvalue weighted by atomic mass is 10.2. The van der Waals surface area contributed by atoms with Gasteiger partial charge in [-0.05, 0) is 36.4 Å². The number of halogens is 3. The molecule has 3 aromatic heterocycles. The van der Waals surface area contributed by atoms with Crippen molar-refractivity contribution in [2.75, 3.05) is 26.2 Å². The van der Waals surface area contributed by atoms with Crippen LogP contribution in [0.2, 0.25) is 0 Å². The molecule has 9 nitrogen and oxygen atoms in total. The molecule has 0 atom stereocenters. The quantitative estimate of drug-likeness (QED) is 0.364. The Hall–Kier alpha value is -3.81. The molecular weight excluding hydrogens is 535 g/mol. The van der Waals surface area contributed by atoms with Gasteiger partial charge in [0.2, 0.25) is 10.0 Å². The van der Waals surface area contributed by atoms with Gasteiger partial charge in [0.25, 0.3) is 11.5 Å². The van der Waals surface area contributed by atoms with Crippen molar-refractivity contribution >= 4 is 15.7 Å². The molecule has 0 unspecified atom stereocenters. The molecule has 39 heavy (non-hydrogen) atoms. The Morgan fingerprint density at radius 1 is 0.974 bits per heavy atom. The Bertz CT molecular complexity index is 1670. The molecule has 4 heterocycles. The van der Waals surface area contributed by atoms with Gasteiger partial charge in [-0.15, -0.1) is 0 Å². The van der Waals surface area contributed by atoms with E-state index in [2.05, 4.69) is 4.98 Å². The zero-order chi connectivity index (χ0) is 27.8. The Morgan fingerprint density at radius 3 is 2.41 bits per heavy atom. The number of piperazine rings is 1. The van der Waals surface area contributed by atoms with Crippen molar-refractivity contribution in [3.8, 4) is 5.88 Å².